The van der Waals surface area contributed by atoms with Gasteiger partial charge < -0.3 is 9.15 Å². The van der Waals surface area contributed by atoms with E-state index in [-0.39, 0.29) is 12.1 Å². The van der Waals surface area contributed by atoms with E-state index in [9.17, 15) is 22.4 Å². The molecule has 0 saturated heterocycles. The summed E-state index contributed by atoms with van der Waals surface area (Å²) in [4.78, 5) is 12.0. The molecule has 0 bridgehead atoms. The van der Waals surface area contributed by atoms with Gasteiger partial charge in [-0.15, -0.1) is 5.10 Å². The summed E-state index contributed by atoms with van der Waals surface area (Å²) >= 11 is 5.93. The first-order chi connectivity index (χ1) is 12.7. The maximum absolute atomic E-state index is 14.1. The van der Waals surface area contributed by atoms with Crippen LogP contribution in [-0.2, 0) is 12.7 Å². The topological polar surface area (TPSA) is 57.3 Å². The van der Waals surface area contributed by atoms with Crippen molar-refractivity contribution in [1.82, 2.24) is 9.78 Å². The smallest absolute Gasteiger partial charge is 0.437 e. The minimum atomic E-state index is -4.69. The first-order valence-corrected chi connectivity index (χ1v) is 7.84. The van der Waals surface area contributed by atoms with Gasteiger partial charge in [0.15, 0.2) is 0 Å². The number of hydrogen-bond donors (Lipinski definition) is 0. The van der Waals surface area contributed by atoms with Crippen LogP contribution >= 0.6 is 11.6 Å². The summed E-state index contributed by atoms with van der Waals surface area (Å²) in [6.07, 6.45) is -4.69. The molecule has 0 aliphatic rings. The van der Waals surface area contributed by atoms with Crippen molar-refractivity contribution in [2.24, 2.45) is 0 Å². The van der Waals surface area contributed by atoms with Gasteiger partial charge in [-0.2, -0.15) is 17.9 Å². The molecule has 0 saturated carbocycles. The molecule has 0 aliphatic heterocycles. The Morgan fingerprint density at radius 1 is 1.22 bits per heavy atom. The van der Waals surface area contributed by atoms with Gasteiger partial charge in [-0.3, -0.25) is 0 Å². The largest absolute Gasteiger partial charge is 0.496 e. The molecule has 0 aliphatic carbocycles. The van der Waals surface area contributed by atoms with Crippen LogP contribution in [0.5, 0.6) is 5.75 Å². The number of hydrogen-bond acceptors (Lipinski definition) is 4. The fourth-order valence-electron chi connectivity index (χ4n) is 2.41. The third-order valence-corrected chi connectivity index (χ3v) is 3.93. The number of benzene rings is 2. The van der Waals surface area contributed by atoms with Crippen LogP contribution < -0.4 is 10.5 Å². The lowest BCUT2D eigenvalue weighted by Crippen LogP contribution is -2.17. The fourth-order valence-corrected chi connectivity index (χ4v) is 2.61. The minimum absolute atomic E-state index is 0.0890. The first kappa shape index (κ1) is 19.0. The SMILES string of the molecule is COc1ccc(Cl)cc1Cn1nc(-c2ccc(C(F)(F)F)cc2F)oc1=O. The lowest BCUT2D eigenvalue weighted by molar-refractivity contribution is -0.137. The van der Waals surface area contributed by atoms with Gasteiger partial charge in [0.05, 0.1) is 24.8 Å². The van der Waals surface area contributed by atoms with Gasteiger partial charge in [-0.1, -0.05) is 11.6 Å². The van der Waals surface area contributed by atoms with Crippen molar-refractivity contribution >= 4 is 11.6 Å². The summed E-state index contributed by atoms with van der Waals surface area (Å²) in [6, 6.07) is 6.59. The molecule has 1 heterocycles. The Kier molecular flexibility index (Phi) is 4.97. The third-order valence-electron chi connectivity index (χ3n) is 3.70. The molecule has 10 heteroatoms. The Bertz CT molecular complexity index is 1040. The van der Waals surface area contributed by atoms with Crippen molar-refractivity contribution in [3.63, 3.8) is 0 Å². The third kappa shape index (κ3) is 3.97. The van der Waals surface area contributed by atoms with E-state index in [4.69, 9.17) is 20.8 Å². The van der Waals surface area contributed by atoms with Crippen molar-refractivity contribution in [3.05, 3.63) is 68.9 Å². The van der Waals surface area contributed by atoms with Crippen LogP contribution in [0.3, 0.4) is 0 Å². The van der Waals surface area contributed by atoms with E-state index in [1.54, 1.807) is 18.2 Å². The maximum atomic E-state index is 14.1. The maximum Gasteiger partial charge on any atom is 0.437 e. The predicted octanol–water partition coefficient (Wildman–Crippen LogP) is 4.37. The minimum Gasteiger partial charge on any atom is -0.496 e. The zero-order valence-electron chi connectivity index (χ0n) is 13.7. The number of methoxy groups -OCH3 is 1. The molecule has 0 N–H and O–H groups in total. The second kappa shape index (κ2) is 7.07. The zero-order chi connectivity index (χ0) is 19.8. The number of ether oxygens (including phenoxy) is 1. The van der Waals surface area contributed by atoms with E-state index >= 15 is 0 Å². The molecule has 0 amide bonds. The first-order valence-electron chi connectivity index (χ1n) is 7.46. The average molecular weight is 403 g/mol. The highest BCUT2D eigenvalue weighted by molar-refractivity contribution is 6.30. The number of rotatable bonds is 4. The molecule has 0 spiro atoms. The molecule has 0 unspecified atom stereocenters. The van der Waals surface area contributed by atoms with Crippen LogP contribution in [0.2, 0.25) is 5.02 Å². The normalized spacial score (nSPS) is 11.6. The second-order valence-electron chi connectivity index (χ2n) is 5.48. The van der Waals surface area contributed by atoms with Crippen LogP contribution in [-0.4, -0.2) is 16.9 Å². The standard InChI is InChI=1S/C17H11ClF4N2O3/c1-26-14-5-3-11(18)6-9(14)8-24-16(25)27-15(23-24)12-4-2-10(7-13(12)19)17(20,21)22/h2-7H,8H2,1H3. The average Bonchev–Trinajstić information content (AvgIpc) is 2.94. The molecule has 2 aromatic carbocycles. The molecule has 27 heavy (non-hydrogen) atoms. The van der Waals surface area contributed by atoms with E-state index in [2.05, 4.69) is 5.10 Å². The van der Waals surface area contributed by atoms with Crippen molar-refractivity contribution in [2.45, 2.75) is 12.7 Å². The summed E-state index contributed by atoms with van der Waals surface area (Å²) in [5, 5.41) is 4.25. The second-order valence-corrected chi connectivity index (χ2v) is 5.92. The van der Waals surface area contributed by atoms with Crippen LogP contribution in [0.1, 0.15) is 11.1 Å². The van der Waals surface area contributed by atoms with Crippen LogP contribution in [0.4, 0.5) is 17.6 Å². The molecular formula is C17H11ClF4N2O3. The molecule has 142 valence electrons. The summed E-state index contributed by atoms with van der Waals surface area (Å²) < 4.78 is 62.9. The van der Waals surface area contributed by atoms with E-state index in [1.165, 1.54) is 7.11 Å². The van der Waals surface area contributed by atoms with Gasteiger partial charge in [-0.05, 0) is 36.4 Å². The Morgan fingerprint density at radius 3 is 2.59 bits per heavy atom. The fraction of sp³-hybridized carbons (Fsp3) is 0.176. The van der Waals surface area contributed by atoms with Gasteiger partial charge in [-0.25, -0.2) is 9.18 Å². The van der Waals surface area contributed by atoms with Crippen LogP contribution in [0.25, 0.3) is 11.5 Å². The summed E-state index contributed by atoms with van der Waals surface area (Å²) in [6.45, 7) is -0.0890. The highest BCUT2D eigenvalue weighted by Gasteiger charge is 2.31. The van der Waals surface area contributed by atoms with E-state index < -0.39 is 29.2 Å². The van der Waals surface area contributed by atoms with Gasteiger partial charge >= 0.3 is 11.9 Å². The van der Waals surface area contributed by atoms with Crippen LogP contribution in [0.15, 0.2) is 45.6 Å². The molecule has 0 radical (unpaired) electrons. The lowest BCUT2D eigenvalue weighted by atomic mass is 10.1. The number of halogens is 5. The quantitative estimate of drug-likeness (QED) is 0.608. The number of aromatic nitrogens is 2. The van der Waals surface area contributed by atoms with Crippen molar-refractivity contribution in [3.8, 4) is 17.2 Å². The van der Waals surface area contributed by atoms with Gasteiger partial charge in [0, 0.05) is 10.6 Å². The molecule has 3 aromatic rings. The highest BCUT2D eigenvalue weighted by Crippen LogP contribution is 2.32. The van der Waals surface area contributed by atoms with Crippen molar-refractivity contribution in [2.75, 3.05) is 7.11 Å². The van der Waals surface area contributed by atoms with Gasteiger partial charge in [0.1, 0.15) is 11.6 Å². The molecule has 0 fully saturated rings. The number of alkyl halides is 3. The predicted molar refractivity (Wildman–Crippen MR) is 88.3 cm³/mol. The van der Waals surface area contributed by atoms with E-state index in [1.807, 2.05) is 0 Å². The van der Waals surface area contributed by atoms with Crippen LogP contribution in [0, 0.1) is 5.82 Å². The molecule has 1 aromatic heterocycles. The zero-order valence-corrected chi connectivity index (χ0v) is 14.4. The van der Waals surface area contributed by atoms with Gasteiger partial charge in [0.2, 0.25) is 0 Å². The molecular weight excluding hydrogens is 392 g/mol. The lowest BCUT2D eigenvalue weighted by Gasteiger charge is -2.08. The Balaban J connectivity index is 1.96. The summed E-state index contributed by atoms with van der Waals surface area (Å²) in [7, 11) is 1.43. The number of nitrogens with zero attached hydrogens (tertiary/aromatic N) is 2. The molecule has 3 rings (SSSR count). The van der Waals surface area contributed by atoms with E-state index in [0.717, 1.165) is 10.7 Å². The Morgan fingerprint density at radius 2 is 1.96 bits per heavy atom. The molecule has 0 atom stereocenters. The van der Waals surface area contributed by atoms with Gasteiger partial charge in [0.25, 0.3) is 5.89 Å². The van der Waals surface area contributed by atoms with E-state index in [0.29, 0.717) is 28.5 Å². The Hall–Kier alpha value is -2.81. The highest BCUT2D eigenvalue weighted by atomic mass is 35.5. The Labute approximate surface area is 154 Å². The summed E-state index contributed by atoms with van der Waals surface area (Å²) in [5.41, 5.74) is -1.01. The van der Waals surface area contributed by atoms with Crippen molar-refractivity contribution in [1.29, 1.82) is 0 Å². The monoisotopic (exact) mass is 402 g/mol. The molecule has 5 nitrogen and oxygen atoms in total. The van der Waals surface area contributed by atoms with Crippen molar-refractivity contribution < 1.29 is 26.7 Å². The summed E-state index contributed by atoms with van der Waals surface area (Å²) in [5.74, 6) is -2.12.